The first-order valence-electron chi connectivity index (χ1n) is 5.33. The number of halogens is 1. The average molecular weight is 226 g/mol. The Morgan fingerprint density at radius 3 is 2.81 bits per heavy atom. The lowest BCUT2D eigenvalue weighted by molar-refractivity contribution is -0.0497. The Bertz CT molecular complexity index is 317. The largest absolute Gasteiger partial charge is 0.394 e. The van der Waals surface area contributed by atoms with Crippen molar-refractivity contribution in [3.8, 4) is 0 Å². The predicted molar refractivity (Wildman–Crippen MR) is 56.7 cm³/mol. The number of alkyl halides is 1. The maximum absolute atomic E-state index is 13.4. The van der Waals surface area contributed by atoms with Gasteiger partial charge in [0.05, 0.1) is 19.8 Å². The van der Waals surface area contributed by atoms with Crippen LogP contribution in [0.3, 0.4) is 0 Å². The summed E-state index contributed by atoms with van der Waals surface area (Å²) in [6, 6.07) is 9.55. The minimum Gasteiger partial charge on any atom is -0.394 e. The van der Waals surface area contributed by atoms with Gasteiger partial charge < -0.3 is 14.6 Å². The van der Waals surface area contributed by atoms with E-state index in [2.05, 4.69) is 0 Å². The fourth-order valence-corrected chi connectivity index (χ4v) is 1.77. The lowest BCUT2D eigenvalue weighted by atomic mass is 10.1. The monoisotopic (exact) mass is 226 g/mol. The lowest BCUT2D eigenvalue weighted by Crippen LogP contribution is -2.33. The molecule has 1 aliphatic heterocycles. The van der Waals surface area contributed by atoms with Gasteiger partial charge in [0.2, 0.25) is 0 Å². The smallest absolute Gasteiger partial charge is 0.152 e. The third kappa shape index (κ3) is 2.58. The van der Waals surface area contributed by atoms with Crippen LogP contribution < -0.4 is 0 Å². The molecular weight excluding hydrogens is 211 g/mol. The van der Waals surface area contributed by atoms with E-state index in [1.807, 2.05) is 30.3 Å². The second-order valence-electron chi connectivity index (χ2n) is 3.83. The van der Waals surface area contributed by atoms with E-state index in [1.165, 1.54) is 0 Å². The van der Waals surface area contributed by atoms with Crippen molar-refractivity contribution in [2.75, 3.05) is 13.2 Å². The van der Waals surface area contributed by atoms with Gasteiger partial charge in [-0.2, -0.15) is 0 Å². The van der Waals surface area contributed by atoms with Crippen LogP contribution in [0, 0.1) is 0 Å². The summed E-state index contributed by atoms with van der Waals surface area (Å²) >= 11 is 0. The van der Waals surface area contributed by atoms with Crippen molar-refractivity contribution in [2.45, 2.75) is 25.0 Å². The molecule has 3 atom stereocenters. The van der Waals surface area contributed by atoms with Gasteiger partial charge in [-0.1, -0.05) is 30.3 Å². The summed E-state index contributed by atoms with van der Waals surface area (Å²) in [4.78, 5) is 0. The van der Waals surface area contributed by atoms with E-state index in [0.29, 0.717) is 6.61 Å². The Morgan fingerprint density at radius 2 is 2.12 bits per heavy atom. The summed E-state index contributed by atoms with van der Waals surface area (Å²) < 4.78 is 23.9. The minimum absolute atomic E-state index is 0.00465. The summed E-state index contributed by atoms with van der Waals surface area (Å²) in [5.41, 5.74) is 0.985. The van der Waals surface area contributed by atoms with Crippen molar-refractivity contribution in [1.82, 2.24) is 0 Å². The van der Waals surface area contributed by atoms with Crippen LogP contribution in [0.2, 0.25) is 0 Å². The molecule has 2 rings (SSSR count). The molecule has 0 spiro atoms. The quantitative estimate of drug-likeness (QED) is 0.841. The number of benzene rings is 1. The van der Waals surface area contributed by atoms with Crippen LogP contribution >= 0.6 is 0 Å². The molecule has 88 valence electrons. The van der Waals surface area contributed by atoms with E-state index in [0.717, 1.165) is 5.56 Å². The van der Waals surface area contributed by atoms with Gasteiger partial charge in [-0.3, -0.25) is 0 Å². The first-order valence-corrected chi connectivity index (χ1v) is 5.33. The van der Waals surface area contributed by atoms with E-state index < -0.39 is 18.4 Å². The molecule has 0 amide bonds. The van der Waals surface area contributed by atoms with Gasteiger partial charge in [0.1, 0.15) is 12.2 Å². The topological polar surface area (TPSA) is 38.7 Å². The number of ether oxygens (including phenoxy) is 2. The molecule has 1 saturated heterocycles. The maximum atomic E-state index is 13.4. The summed E-state index contributed by atoms with van der Waals surface area (Å²) in [6.45, 7) is 0.135. The SMILES string of the molecule is OC[C@H]1OC[C@H](F)[C@@H]1OCc1ccccc1. The molecule has 0 unspecified atom stereocenters. The van der Waals surface area contributed by atoms with Crippen LogP contribution in [-0.2, 0) is 16.1 Å². The van der Waals surface area contributed by atoms with Crippen molar-refractivity contribution < 1.29 is 19.0 Å². The van der Waals surface area contributed by atoms with E-state index in [9.17, 15) is 4.39 Å². The predicted octanol–water partition coefficient (Wildman–Crippen LogP) is 1.30. The molecule has 1 aromatic carbocycles. The lowest BCUT2D eigenvalue weighted by Gasteiger charge is -2.18. The molecule has 1 aliphatic rings. The molecular formula is C12H15FO3. The van der Waals surface area contributed by atoms with Crippen molar-refractivity contribution in [3.63, 3.8) is 0 Å². The zero-order valence-corrected chi connectivity index (χ0v) is 8.88. The average Bonchev–Trinajstić information content (AvgIpc) is 2.69. The number of rotatable bonds is 4. The molecule has 0 bridgehead atoms. The zero-order chi connectivity index (χ0) is 11.4. The van der Waals surface area contributed by atoms with Gasteiger partial charge in [0.15, 0.2) is 6.17 Å². The van der Waals surface area contributed by atoms with Gasteiger partial charge in [-0.15, -0.1) is 0 Å². The van der Waals surface area contributed by atoms with Gasteiger partial charge >= 0.3 is 0 Å². The second kappa shape index (κ2) is 5.39. The molecule has 4 heteroatoms. The van der Waals surface area contributed by atoms with E-state index in [1.54, 1.807) is 0 Å². The van der Waals surface area contributed by atoms with E-state index in [4.69, 9.17) is 14.6 Å². The van der Waals surface area contributed by atoms with Crippen LogP contribution in [0.15, 0.2) is 30.3 Å². The third-order valence-corrected chi connectivity index (χ3v) is 2.66. The molecule has 1 heterocycles. The highest BCUT2D eigenvalue weighted by Gasteiger charge is 2.37. The minimum atomic E-state index is -1.15. The fourth-order valence-electron chi connectivity index (χ4n) is 1.77. The summed E-state index contributed by atoms with van der Waals surface area (Å²) in [5, 5.41) is 8.98. The highest BCUT2D eigenvalue weighted by molar-refractivity contribution is 5.13. The molecule has 0 aliphatic carbocycles. The Hall–Kier alpha value is -0.970. The normalized spacial score (nSPS) is 29.5. The molecule has 1 fully saturated rings. The van der Waals surface area contributed by atoms with Crippen molar-refractivity contribution in [1.29, 1.82) is 0 Å². The fraction of sp³-hybridized carbons (Fsp3) is 0.500. The van der Waals surface area contributed by atoms with E-state index in [-0.39, 0.29) is 13.2 Å². The summed E-state index contributed by atoms with van der Waals surface area (Å²) in [7, 11) is 0. The Kier molecular flexibility index (Phi) is 3.88. The van der Waals surface area contributed by atoms with Gasteiger partial charge in [-0.25, -0.2) is 4.39 Å². The van der Waals surface area contributed by atoms with Crippen LogP contribution in [0.25, 0.3) is 0 Å². The third-order valence-electron chi connectivity index (χ3n) is 2.66. The second-order valence-corrected chi connectivity index (χ2v) is 3.83. The Labute approximate surface area is 93.8 Å². The first-order chi connectivity index (χ1) is 7.81. The van der Waals surface area contributed by atoms with Gasteiger partial charge in [-0.05, 0) is 5.56 Å². The zero-order valence-electron chi connectivity index (χ0n) is 8.88. The Balaban J connectivity index is 1.89. The molecule has 0 aromatic heterocycles. The molecule has 0 saturated carbocycles. The van der Waals surface area contributed by atoms with Crippen molar-refractivity contribution in [3.05, 3.63) is 35.9 Å². The molecule has 1 aromatic rings. The molecule has 3 nitrogen and oxygen atoms in total. The number of hydrogen-bond acceptors (Lipinski definition) is 3. The van der Waals surface area contributed by atoms with Gasteiger partial charge in [0, 0.05) is 0 Å². The highest BCUT2D eigenvalue weighted by atomic mass is 19.1. The highest BCUT2D eigenvalue weighted by Crippen LogP contribution is 2.21. The number of hydrogen-bond donors (Lipinski definition) is 1. The van der Waals surface area contributed by atoms with Crippen molar-refractivity contribution in [2.24, 2.45) is 0 Å². The number of aliphatic hydroxyl groups is 1. The standard InChI is InChI=1S/C12H15FO3/c13-10-8-15-11(6-14)12(10)16-7-9-4-2-1-3-5-9/h1-5,10-12,14H,6-8H2/t10-,11+,12-/m0/s1. The first kappa shape index (κ1) is 11.5. The van der Waals surface area contributed by atoms with Crippen LogP contribution in [0.1, 0.15) is 5.56 Å². The molecule has 1 N–H and O–H groups in total. The van der Waals surface area contributed by atoms with Gasteiger partial charge in [0.25, 0.3) is 0 Å². The van der Waals surface area contributed by atoms with Crippen LogP contribution in [-0.4, -0.2) is 36.7 Å². The Morgan fingerprint density at radius 1 is 1.38 bits per heavy atom. The molecule has 0 radical (unpaired) electrons. The number of aliphatic hydroxyl groups excluding tert-OH is 1. The maximum Gasteiger partial charge on any atom is 0.152 e. The van der Waals surface area contributed by atoms with Crippen molar-refractivity contribution >= 4 is 0 Å². The van der Waals surface area contributed by atoms with E-state index >= 15 is 0 Å². The summed E-state index contributed by atoms with van der Waals surface area (Å²) in [6.07, 6.45) is -2.36. The van der Waals surface area contributed by atoms with Crippen LogP contribution in [0.4, 0.5) is 4.39 Å². The molecule has 16 heavy (non-hydrogen) atoms. The van der Waals surface area contributed by atoms with Crippen LogP contribution in [0.5, 0.6) is 0 Å². The summed E-state index contributed by atoms with van der Waals surface area (Å²) in [5.74, 6) is 0.